The van der Waals surface area contributed by atoms with Crippen molar-refractivity contribution < 1.29 is 18.7 Å². The Kier molecular flexibility index (Phi) is 5.68. The van der Waals surface area contributed by atoms with Gasteiger partial charge in [0.1, 0.15) is 5.58 Å². The molecule has 0 unspecified atom stereocenters. The summed E-state index contributed by atoms with van der Waals surface area (Å²) in [5.74, 6) is -0.928. The number of hydrogen-bond donors (Lipinski definition) is 1. The molecule has 0 spiro atoms. The van der Waals surface area contributed by atoms with Crippen LogP contribution >= 0.6 is 23.2 Å². The minimum atomic E-state index is -0.549. The highest BCUT2D eigenvalue weighted by molar-refractivity contribution is 6.36. The third kappa shape index (κ3) is 4.59. The van der Waals surface area contributed by atoms with Gasteiger partial charge < -0.3 is 14.5 Å². The average molecular weight is 407 g/mol. The molecule has 2 aromatic heterocycles. The van der Waals surface area contributed by atoms with E-state index >= 15 is 0 Å². The number of aryl methyl sites for hydroxylation is 2. The van der Waals surface area contributed by atoms with E-state index in [4.69, 9.17) is 32.4 Å². The summed E-state index contributed by atoms with van der Waals surface area (Å²) in [6.07, 6.45) is 1.52. The molecule has 1 amide bonds. The third-order valence-electron chi connectivity index (χ3n) is 3.87. The van der Waals surface area contributed by atoms with E-state index in [0.717, 1.165) is 10.9 Å². The molecule has 1 aromatic carbocycles. The first kappa shape index (κ1) is 19.2. The second-order valence-corrected chi connectivity index (χ2v) is 6.85. The van der Waals surface area contributed by atoms with E-state index in [-0.39, 0.29) is 17.3 Å². The first-order valence-electron chi connectivity index (χ1n) is 8.08. The number of ether oxygens (including phenoxy) is 1. The average Bonchev–Trinajstić information content (AvgIpc) is 2.99. The normalized spacial score (nSPS) is 10.8. The number of furan rings is 1. The molecule has 27 heavy (non-hydrogen) atoms. The van der Waals surface area contributed by atoms with Gasteiger partial charge in [0, 0.05) is 10.9 Å². The van der Waals surface area contributed by atoms with Gasteiger partial charge >= 0.3 is 5.97 Å². The lowest BCUT2D eigenvalue weighted by molar-refractivity contribution is -0.146. The predicted octanol–water partition coefficient (Wildman–Crippen LogP) is 4.48. The van der Waals surface area contributed by atoms with Crippen molar-refractivity contribution in [3.8, 4) is 0 Å². The summed E-state index contributed by atoms with van der Waals surface area (Å²) < 4.78 is 10.5. The highest BCUT2D eigenvalue weighted by Crippen LogP contribution is 2.25. The van der Waals surface area contributed by atoms with Crippen molar-refractivity contribution in [2.45, 2.75) is 20.3 Å². The zero-order chi connectivity index (χ0) is 19.6. The number of rotatable bonds is 5. The number of nitrogens with one attached hydrogen (secondary N) is 1. The Morgan fingerprint density at radius 3 is 2.74 bits per heavy atom. The van der Waals surface area contributed by atoms with E-state index in [2.05, 4.69) is 10.3 Å². The molecular weight excluding hydrogens is 391 g/mol. The van der Waals surface area contributed by atoms with E-state index in [1.807, 2.05) is 25.1 Å². The van der Waals surface area contributed by atoms with Crippen molar-refractivity contribution in [2.24, 2.45) is 0 Å². The maximum absolute atomic E-state index is 12.0. The quantitative estimate of drug-likeness (QED) is 0.631. The van der Waals surface area contributed by atoms with Crippen molar-refractivity contribution in [2.75, 3.05) is 11.9 Å². The number of amides is 1. The van der Waals surface area contributed by atoms with Crippen LogP contribution < -0.4 is 5.32 Å². The SMILES string of the molecule is Cc1ccc2c(CC(=O)OCC(=O)Nc3nc(C)c(Cl)cc3Cl)coc2c1. The maximum atomic E-state index is 12.0. The summed E-state index contributed by atoms with van der Waals surface area (Å²) in [6.45, 7) is 3.19. The van der Waals surface area contributed by atoms with Crippen LogP contribution in [0.4, 0.5) is 5.82 Å². The van der Waals surface area contributed by atoms with Crippen molar-refractivity contribution in [1.29, 1.82) is 0 Å². The fraction of sp³-hybridized carbons (Fsp3) is 0.211. The molecule has 140 valence electrons. The van der Waals surface area contributed by atoms with Crippen LogP contribution in [0.3, 0.4) is 0 Å². The first-order valence-corrected chi connectivity index (χ1v) is 8.84. The van der Waals surface area contributed by atoms with Crippen LogP contribution in [0, 0.1) is 13.8 Å². The van der Waals surface area contributed by atoms with Gasteiger partial charge in [-0.2, -0.15) is 0 Å². The number of carbonyl (C=O) groups is 2. The Balaban J connectivity index is 1.57. The Hall–Kier alpha value is -2.57. The van der Waals surface area contributed by atoms with Crippen molar-refractivity contribution in [1.82, 2.24) is 4.98 Å². The zero-order valence-corrected chi connectivity index (χ0v) is 16.1. The Morgan fingerprint density at radius 2 is 1.96 bits per heavy atom. The number of pyridine rings is 1. The number of anilines is 1. The van der Waals surface area contributed by atoms with Crippen LogP contribution in [0.1, 0.15) is 16.8 Å². The van der Waals surface area contributed by atoms with Crippen LogP contribution in [0.15, 0.2) is 34.9 Å². The molecule has 0 aliphatic carbocycles. The Bertz CT molecular complexity index is 1030. The molecule has 2 heterocycles. The van der Waals surface area contributed by atoms with Crippen LogP contribution in [0.25, 0.3) is 11.0 Å². The van der Waals surface area contributed by atoms with E-state index in [1.54, 1.807) is 6.92 Å². The highest BCUT2D eigenvalue weighted by Gasteiger charge is 2.15. The molecule has 0 bridgehead atoms. The van der Waals surface area contributed by atoms with Crippen LogP contribution in [0.2, 0.25) is 10.0 Å². The summed E-state index contributed by atoms with van der Waals surface area (Å²) in [4.78, 5) is 28.1. The molecule has 1 N–H and O–H groups in total. The summed E-state index contributed by atoms with van der Waals surface area (Å²) in [6, 6.07) is 7.20. The lowest BCUT2D eigenvalue weighted by atomic mass is 10.1. The smallest absolute Gasteiger partial charge is 0.310 e. The third-order valence-corrected chi connectivity index (χ3v) is 4.54. The number of carbonyl (C=O) groups excluding carboxylic acids is 2. The molecule has 0 radical (unpaired) electrons. The molecule has 3 aromatic rings. The van der Waals surface area contributed by atoms with Gasteiger partial charge in [0.15, 0.2) is 12.4 Å². The zero-order valence-electron chi connectivity index (χ0n) is 14.6. The van der Waals surface area contributed by atoms with Crippen molar-refractivity contribution in [3.05, 3.63) is 57.4 Å². The van der Waals surface area contributed by atoms with Crippen LogP contribution in [0.5, 0.6) is 0 Å². The number of nitrogens with zero attached hydrogens (tertiary/aromatic N) is 1. The molecule has 0 aliphatic heterocycles. The number of esters is 1. The summed E-state index contributed by atoms with van der Waals surface area (Å²) in [7, 11) is 0. The van der Waals surface area contributed by atoms with Gasteiger partial charge in [0.05, 0.1) is 28.4 Å². The molecule has 3 rings (SSSR count). The van der Waals surface area contributed by atoms with Crippen LogP contribution in [-0.4, -0.2) is 23.5 Å². The standard InChI is InChI=1S/C19H16Cl2N2O4/c1-10-3-4-13-12(8-26-16(13)5-10)6-18(25)27-9-17(24)23-19-15(21)7-14(20)11(2)22-19/h3-5,7-8H,6,9H2,1-2H3,(H,22,23,24). The Labute approximate surface area is 165 Å². The summed E-state index contributed by atoms with van der Waals surface area (Å²) >= 11 is 11.9. The minimum absolute atomic E-state index is 0.00238. The monoisotopic (exact) mass is 406 g/mol. The van der Waals surface area contributed by atoms with Crippen molar-refractivity contribution >= 4 is 51.9 Å². The summed E-state index contributed by atoms with van der Waals surface area (Å²) in [5.41, 5.74) is 2.99. The molecule has 6 nitrogen and oxygen atoms in total. The van der Waals surface area contributed by atoms with Gasteiger partial charge in [0.25, 0.3) is 5.91 Å². The first-order chi connectivity index (χ1) is 12.8. The number of halogens is 2. The lowest BCUT2D eigenvalue weighted by Gasteiger charge is -2.09. The fourth-order valence-corrected chi connectivity index (χ4v) is 2.90. The largest absolute Gasteiger partial charge is 0.464 e. The van der Waals surface area contributed by atoms with Crippen LogP contribution in [-0.2, 0) is 20.7 Å². The van der Waals surface area contributed by atoms with Gasteiger partial charge in [-0.3, -0.25) is 9.59 Å². The van der Waals surface area contributed by atoms with E-state index in [1.165, 1.54) is 12.3 Å². The van der Waals surface area contributed by atoms with Gasteiger partial charge in [0.2, 0.25) is 0 Å². The van der Waals surface area contributed by atoms with Gasteiger partial charge in [-0.1, -0.05) is 35.3 Å². The van der Waals surface area contributed by atoms with Gasteiger partial charge in [-0.15, -0.1) is 0 Å². The molecule has 0 saturated heterocycles. The molecule has 0 saturated carbocycles. The number of benzene rings is 1. The number of aromatic nitrogens is 1. The van der Waals surface area contributed by atoms with E-state index in [9.17, 15) is 9.59 Å². The van der Waals surface area contributed by atoms with Gasteiger partial charge in [-0.05, 0) is 31.5 Å². The maximum Gasteiger partial charge on any atom is 0.310 e. The van der Waals surface area contributed by atoms with Gasteiger partial charge in [-0.25, -0.2) is 4.98 Å². The number of fused-ring (bicyclic) bond motifs is 1. The topological polar surface area (TPSA) is 81.4 Å². The molecule has 0 atom stereocenters. The second-order valence-electron chi connectivity index (χ2n) is 6.03. The molecular formula is C19H16Cl2N2O4. The predicted molar refractivity (Wildman–Crippen MR) is 103 cm³/mol. The Morgan fingerprint density at radius 1 is 1.19 bits per heavy atom. The van der Waals surface area contributed by atoms with Crippen molar-refractivity contribution in [3.63, 3.8) is 0 Å². The molecule has 0 fully saturated rings. The van der Waals surface area contributed by atoms with E-state index in [0.29, 0.717) is 21.9 Å². The molecule has 0 aliphatic rings. The second kappa shape index (κ2) is 7.98. The summed E-state index contributed by atoms with van der Waals surface area (Å²) in [5, 5.41) is 3.93. The van der Waals surface area contributed by atoms with E-state index < -0.39 is 18.5 Å². The fourth-order valence-electron chi connectivity index (χ4n) is 2.49. The molecule has 8 heteroatoms. The number of hydrogen-bond acceptors (Lipinski definition) is 5. The minimum Gasteiger partial charge on any atom is -0.464 e. The highest BCUT2D eigenvalue weighted by atomic mass is 35.5. The lowest BCUT2D eigenvalue weighted by Crippen LogP contribution is -2.22.